The Labute approximate surface area is 119 Å². The first-order valence-electron chi connectivity index (χ1n) is 6.35. The van der Waals surface area contributed by atoms with Gasteiger partial charge in [0.15, 0.2) is 0 Å². The molecule has 1 unspecified atom stereocenters. The minimum absolute atomic E-state index is 0.324. The number of rotatable bonds is 6. The Bertz CT molecular complexity index is 423. The van der Waals surface area contributed by atoms with Crippen LogP contribution in [0.1, 0.15) is 32.4 Å². The molecule has 98 valence electrons. The van der Waals surface area contributed by atoms with Crippen LogP contribution in [-0.2, 0) is 0 Å². The first kappa shape index (κ1) is 15.1. The minimum atomic E-state index is 0.324. The summed E-state index contributed by atoms with van der Waals surface area (Å²) in [5.74, 6) is 2.73. The third-order valence-corrected chi connectivity index (χ3v) is 3.47. The van der Waals surface area contributed by atoms with Gasteiger partial charge in [-0.2, -0.15) is 0 Å². The Balaban J connectivity index is 3.13. The van der Waals surface area contributed by atoms with E-state index < -0.39 is 0 Å². The Morgan fingerprint density at radius 2 is 2.17 bits per heavy atom. The summed E-state index contributed by atoms with van der Waals surface area (Å²) in [5.41, 5.74) is 2.50. The Kier molecular flexibility index (Phi) is 6.24. The molecule has 1 atom stereocenters. The number of nitrogens with one attached hydrogen (secondary N) is 1. The maximum atomic E-state index is 5.45. The summed E-state index contributed by atoms with van der Waals surface area (Å²) in [6.45, 7) is 8.93. The maximum absolute atomic E-state index is 5.45. The molecule has 2 nitrogen and oxygen atoms in total. The van der Waals surface area contributed by atoms with Gasteiger partial charge in [-0.15, -0.1) is 6.42 Å². The van der Waals surface area contributed by atoms with Crippen LogP contribution in [0.3, 0.4) is 0 Å². The van der Waals surface area contributed by atoms with Crippen molar-refractivity contribution in [3.8, 4) is 12.3 Å². The molecule has 0 aliphatic carbocycles. The highest BCUT2D eigenvalue weighted by molar-refractivity contribution is 9.10. The van der Waals surface area contributed by atoms with Crippen LogP contribution in [0.5, 0.6) is 0 Å². The summed E-state index contributed by atoms with van der Waals surface area (Å²) < 4.78 is 1.08. The molecule has 0 saturated heterocycles. The molecule has 18 heavy (non-hydrogen) atoms. The van der Waals surface area contributed by atoms with Crippen LogP contribution < -0.4 is 10.2 Å². The van der Waals surface area contributed by atoms with Gasteiger partial charge in [0.1, 0.15) is 0 Å². The summed E-state index contributed by atoms with van der Waals surface area (Å²) in [7, 11) is 0. The summed E-state index contributed by atoms with van der Waals surface area (Å²) in [6, 6.07) is 6.71. The second-order valence-electron chi connectivity index (χ2n) is 4.20. The van der Waals surface area contributed by atoms with Crippen molar-refractivity contribution in [1.29, 1.82) is 0 Å². The molecule has 0 aromatic heterocycles. The third kappa shape index (κ3) is 3.76. The van der Waals surface area contributed by atoms with Gasteiger partial charge in [0.25, 0.3) is 0 Å². The van der Waals surface area contributed by atoms with Crippen LogP contribution in [-0.4, -0.2) is 19.6 Å². The number of halogens is 1. The molecule has 0 aliphatic heterocycles. The lowest BCUT2D eigenvalue weighted by atomic mass is 10.0. The first-order chi connectivity index (χ1) is 8.63. The van der Waals surface area contributed by atoms with Crippen molar-refractivity contribution in [1.82, 2.24) is 5.32 Å². The van der Waals surface area contributed by atoms with Crippen molar-refractivity contribution in [2.75, 3.05) is 24.5 Å². The SMILES string of the molecule is C#CCN(CC)c1cc(Br)ccc1C(C)NCC. The number of hydrogen-bond acceptors (Lipinski definition) is 2. The molecular weight excluding hydrogens is 288 g/mol. The van der Waals surface area contributed by atoms with E-state index in [-0.39, 0.29) is 0 Å². The zero-order chi connectivity index (χ0) is 13.5. The summed E-state index contributed by atoms with van der Waals surface area (Å²) in [5, 5.41) is 3.45. The average Bonchev–Trinajstić information content (AvgIpc) is 2.36. The number of nitrogens with zero attached hydrogens (tertiary/aromatic N) is 1. The Morgan fingerprint density at radius 1 is 1.44 bits per heavy atom. The van der Waals surface area contributed by atoms with E-state index in [9.17, 15) is 0 Å². The number of terminal acetylenes is 1. The predicted octanol–water partition coefficient (Wildman–Crippen LogP) is 3.58. The highest BCUT2D eigenvalue weighted by Crippen LogP contribution is 2.29. The Morgan fingerprint density at radius 3 is 2.72 bits per heavy atom. The minimum Gasteiger partial charge on any atom is -0.360 e. The van der Waals surface area contributed by atoms with Crippen molar-refractivity contribution >= 4 is 21.6 Å². The fraction of sp³-hybridized carbons (Fsp3) is 0.467. The molecule has 0 radical (unpaired) electrons. The zero-order valence-corrected chi connectivity index (χ0v) is 12.9. The highest BCUT2D eigenvalue weighted by Gasteiger charge is 2.14. The lowest BCUT2D eigenvalue weighted by molar-refractivity contribution is 0.596. The largest absolute Gasteiger partial charge is 0.360 e. The van der Waals surface area contributed by atoms with E-state index >= 15 is 0 Å². The fourth-order valence-corrected chi connectivity index (χ4v) is 2.40. The van der Waals surface area contributed by atoms with Gasteiger partial charge in [0.05, 0.1) is 6.54 Å². The van der Waals surface area contributed by atoms with Gasteiger partial charge in [-0.3, -0.25) is 0 Å². The Hall–Kier alpha value is -0.980. The molecule has 3 heteroatoms. The second-order valence-corrected chi connectivity index (χ2v) is 5.12. The molecular formula is C15H21BrN2. The molecule has 1 N–H and O–H groups in total. The van der Waals surface area contributed by atoms with Gasteiger partial charge in [0, 0.05) is 22.7 Å². The molecule has 1 aromatic carbocycles. The van der Waals surface area contributed by atoms with E-state index in [1.54, 1.807) is 0 Å². The van der Waals surface area contributed by atoms with Crippen molar-refractivity contribution in [3.05, 3.63) is 28.2 Å². The van der Waals surface area contributed by atoms with Crippen LogP contribution in [0.4, 0.5) is 5.69 Å². The van der Waals surface area contributed by atoms with Crippen LogP contribution in [0.25, 0.3) is 0 Å². The van der Waals surface area contributed by atoms with E-state index in [1.165, 1.54) is 11.3 Å². The number of anilines is 1. The number of hydrogen-bond donors (Lipinski definition) is 1. The van der Waals surface area contributed by atoms with Gasteiger partial charge in [-0.1, -0.05) is 34.8 Å². The quantitative estimate of drug-likeness (QED) is 0.808. The molecule has 0 amide bonds. The van der Waals surface area contributed by atoms with E-state index in [0.29, 0.717) is 12.6 Å². The van der Waals surface area contributed by atoms with Crippen molar-refractivity contribution < 1.29 is 0 Å². The van der Waals surface area contributed by atoms with Crippen molar-refractivity contribution in [2.45, 2.75) is 26.8 Å². The van der Waals surface area contributed by atoms with Gasteiger partial charge in [0.2, 0.25) is 0 Å². The molecule has 0 aliphatic rings. The topological polar surface area (TPSA) is 15.3 Å². The lowest BCUT2D eigenvalue weighted by Crippen LogP contribution is -2.27. The number of benzene rings is 1. The molecule has 1 rings (SSSR count). The molecule has 0 bridgehead atoms. The second kappa shape index (κ2) is 7.45. The summed E-state index contributed by atoms with van der Waals surface area (Å²) in [4.78, 5) is 2.22. The zero-order valence-electron chi connectivity index (χ0n) is 11.3. The smallest absolute Gasteiger partial charge is 0.0791 e. The van der Waals surface area contributed by atoms with Crippen LogP contribution in [0, 0.1) is 12.3 Å². The van der Waals surface area contributed by atoms with Gasteiger partial charge in [-0.25, -0.2) is 0 Å². The van der Waals surface area contributed by atoms with Crippen LogP contribution in [0.2, 0.25) is 0 Å². The van der Waals surface area contributed by atoms with Crippen LogP contribution >= 0.6 is 15.9 Å². The predicted molar refractivity (Wildman–Crippen MR) is 83.0 cm³/mol. The van der Waals surface area contributed by atoms with E-state index in [1.807, 2.05) is 0 Å². The molecule has 0 saturated carbocycles. The first-order valence-corrected chi connectivity index (χ1v) is 7.14. The normalized spacial score (nSPS) is 11.9. The third-order valence-electron chi connectivity index (χ3n) is 2.97. The average molecular weight is 309 g/mol. The highest BCUT2D eigenvalue weighted by atomic mass is 79.9. The molecule has 0 fully saturated rings. The van der Waals surface area contributed by atoms with Crippen LogP contribution in [0.15, 0.2) is 22.7 Å². The van der Waals surface area contributed by atoms with E-state index in [4.69, 9.17) is 6.42 Å². The summed E-state index contributed by atoms with van der Waals surface area (Å²) in [6.07, 6.45) is 5.45. The fourth-order valence-electron chi connectivity index (χ4n) is 2.05. The van der Waals surface area contributed by atoms with Gasteiger partial charge >= 0.3 is 0 Å². The van der Waals surface area contributed by atoms with Crippen molar-refractivity contribution in [2.24, 2.45) is 0 Å². The molecule has 1 aromatic rings. The van der Waals surface area contributed by atoms with Gasteiger partial charge < -0.3 is 10.2 Å². The monoisotopic (exact) mass is 308 g/mol. The van der Waals surface area contributed by atoms with E-state index in [0.717, 1.165) is 17.6 Å². The van der Waals surface area contributed by atoms with Crippen molar-refractivity contribution in [3.63, 3.8) is 0 Å². The van der Waals surface area contributed by atoms with Gasteiger partial charge in [-0.05, 0) is 38.1 Å². The molecule has 0 spiro atoms. The van der Waals surface area contributed by atoms with E-state index in [2.05, 4.69) is 71.0 Å². The summed E-state index contributed by atoms with van der Waals surface area (Å²) >= 11 is 3.53. The molecule has 0 heterocycles. The standard InChI is InChI=1S/C15H21BrN2/c1-5-10-18(7-3)15-11-13(16)8-9-14(15)12(4)17-6-2/h1,8-9,11-12,17H,6-7,10H2,2-4H3. The lowest BCUT2D eigenvalue weighted by Gasteiger charge is -2.26. The maximum Gasteiger partial charge on any atom is 0.0791 e.